The smallest absolute Gasteiger partial charge is 0.284 e. The van der Waals surface area contributed by atoms with E-state index in [1.54, 1.807) is 10.9 Å². The van der Waals surface area contributed by atoms with Crippen molar-refractivity contribution in [1.82, 2.24) is 49.3 Å². The first-order valence-corrected chi connectivity index (χ1v) is 24.0. The molecule has 1 aromatic carbocycles. The van der Waals surface area contributed by atoms with Gasteiger partial charge < -0.3 is 15.0 Å². The molecule has 2 saturated carbocycles. The number of hydrogen-bond donors (Lipinski definition) is 2. The Labute approximate surface area is 389 Å². The van der Waals surface area contributed by atoms with E-state index in [1.165, 1.54) is 16.9 Å². The fraction of sp³-hybridized carbons (Fsp3) is 0.562. The Morgan fingerprint density at radius 2 is 1.71 bits per heavy atom. The van der Waals surface area contributed by atoms with Crippen molar-refractivity contribution < 1.29 is 36.7 Å². The summed E-state index contributed by atoms with van der Waals surface area (Å²) in [6.45, 7) is 5.09. The number of nitrogens with one attached hydrogen (secondary N) is 2. The molecule has 20 heteroatoms. The van der Waals surface area contributed by atoms with Crippen LogP contribution in [0.4, 0.5) is 29.1 Å². The first-order chi connectivity index (χ1) is 33.0. The molecule has 5 aromatic rings. The number of imide groups is 1. The quantitative estimate of drug-likeness (QED) is 0.0858. The van der Waals surface area contributed by atoms with Gasteiger partial charge in [-0.25, -0.2) is 27.1 Å². The lowest BCUT2D eigenvalue weighted by Gasteiger charge is -2.45. The molecular formula is C48H54F4N12O4. The maximum absolute atomic E-state index is 15.6. The van der Waals surface area contributed by atoms with Crippen LogP contribution >= 0.6 is 0 Å². The molecule has 2 N–H and O–H groups in total. The van der Waals surface area contributed by atoms with Crippen molar-refractivity contribution >= 4 is 45.8 Å². The van der Waals surface area contributed by atoms with Gasteiger partial charge in [0, 0.05) is 82.5 Å². The van der Waals surface area contributed by atoms with Crippen LogP contribution in [-0.4, -0.2) is 139 Å². The third-order valence-corrected chi connectivity index (χ3v) is 14.6. The molecule has 6 fully saturated rings. The first kappa shape index (κ1) is 44.6. The predicted molar refractivity (Wildman–Crippen MR) is 242 cm³/mol. The summed E-state index contributed by atoms with van der Waals surface area (Å²) < 4.78 is 68.5. The zero-order chi connectivity index (χ0) is 46.6. The minimum Gasteiger partial charge on any atom is -0.362 e. The standard InChI is InChI=1S/C48H54F4N12O4/c49-31-24-60(25-31)21-29-22-61(23-29)40-15-17-62-46(55-40)36(19-53-62)48(67)54-38-27-63(57-43(38)45(51)52)32-8-6-28(7-9-32)20-59-16-14-39(37(50)26-59)68-18-2-4-30-3-1-5-34-42(35-12-13-41(65)56-47(35)66)58-64(44(30)34)33-10-11-33/h1,3,5,15,17,19,27-29,31-33,35,37,39,45H,6-14,16,18,20-26H2,(H,54,67)(H,56,65,66)/t28?,32?,35?,37-,39+/m1/s1. The normalized spacial score (nSPS) is 25.4. The highest BCUT2D eigenvalue weighted by Crippen LogP contribution is 2.41. The minimum atomic E-state index is -2.91. The van der Waals surface area contributed by atoms with E-state index in [2.05, 4.69) is 47.4 Å². The lowest BCUT2D eigenvalue weighted by Crippen LogP contribution is -2.57. The van der Waals surface area contributed by atoms with Gasteiger partial charge in [-0.15, -0.1) is 0 Å². The van der Waals surface area contributed by atoms with Crippen LogP contribution in [0.25, 0.3) is 16.6 Å². The van der Waals surface area contributed by atoms with E-state index in [0.29, 0.717) is 74.3 Å². The summed E-state index contributed by atoms with van der Waals surface area (Å²) in [4.78, 5) is 49.2. The molecule has 0 radical (unpaired) electrons. The summed E-state index contributed by atoms with van der Waals surface area (Å²) >= 11 is 0. The number of nitrogens with zero attached hydrogens (tertiary/aromatic N) is 10. The second-order valence-electron chi connectivity index (χ2n) is 19.5. The van der Waals surface area contributed by atoms with Crippen molar-refractivity contribution in [3.8, 4) is 11.8 Å². The summed E-state index contributed by atoms with van der Waals surface area (Å²) in [6.07, 6.45) is 5.46. The molecule has 6 aliphatic rings. The van der Waals surface area contributed by atoms with Gasteiger partial charge in [-0.3, -0.25) is 38.9 Å². The molecule has 68 heavy (non-hydrogen) atoms. The van der Waals surface area contributed by atoms with Crippen molar-refractivity contribution in [2.75, 3.05) is 69.2 Å². The monoisotopic (exact) mass is 938 g/mol. The van der Waals surface area contributed by atoms with Crippen molar-refractivity contribution in [3.63, 3.8) is 0 Å². The van der Waals surface area contributed by atoms with Crippen molar-refractivity contribution in [2.24, 2.45) is 11.8 Å². The number of hydrogen-bond acceptors (Lipinski definition) is 11. The fourth-order valence-corrected chi connectivity index (χ4v) is 10.8. The van der Waals surface area contributed by atoms with Crippen molar-refractivity contribution in [3.05, 3.63) is 65.4 Å². The van der Waals surface area contributed by atoms with Crippen LogP contribution in [0.15, 0.2) is 42.9 Å². The molecule has 4 aliphatic heterocycles. The van der Waals surface area contributed by atoms with E-state index in [0.717, 1.165) is 68.3 Å². The van der Waals surface area contributed by atoms with E-state index in [4.69, 9.17) is 14.8 Å². The number of aromatic nitrogens is 7. The number of fused-ring (bicyclic) bond motifs is 2. The average molecular weight is 939 g/mol. The van der Waals surface area contributed by atoms with Gasteiger partial charge in [-0.1, -0.05) is 24.0 Å². The molecule has 1 unspecified atom stereocenters. The maximum Gasteiger partial charge on any atom is 0.284 e. The number of alkyl halides is 4. The summed E-state index contributed by atoms with van der Waals surface area (Å²) in [7, 11) is 0. The van der Waals surface area contributed by atoms with E-state index >= 15 is 4.39 Å². The Balaban J connectivity index is 0.656. The van der Waals surface area contributed by atoms with Crippen LogP contribution < -0.4 is 15.5 Å². The number of carbonyl (C=O) groups excluding carboxylic acids is 3. The topological polar surface area (TPSA) is 160 Å². The van der Waals surface area contributed by atoms with Gasteiger partial charge in [0.25, 0.3) is 12.3 Å². The van der Waals surface area contributed by atoms with Crippen LogP contribution in [0, 0.1) is 23.7 Å². The number of amides is 3. The molecule has 0 spiro atoms. The highest BCUT2D eigenvalue weighted by Gasteiger charge is 2.37. The number of para-hydroxylation sites is 1. The molecule has 3 amide bonds. The first-order valence-electron chi connectivity index (χ1n) is 24.0. The van der Waals surface area contributed by atoms with E-state index in [1.807, 2.05) is 28.9 Å². The van der Waals surface area contributed by atoms with E-state index in [9.17, 15) is 27.6 Å². The number of rotatable bonds is 13. The molecule has 4 saturated heterocycles. The molecular weight excluding hydrogens is 885 g/mol. The van der Waals surface area contributed by atoms with Gasteiger partial charge in [0.15, 0.2) is 11.3 Å². The molecule has 16 nitrogen and oxygen atoms in total. The molecule has 3 atom stereocenters. The number of piperidine rings is 2. The number of benzene rings is 1. The average Bonchev–Trinajstić information content (AvgIpc) is 3.72. The Hall–Kier alpha value is -5.91. The lowest BCUT2D eigenvalue weighted by atomic mass is 9.85. The maximum atomic E-state index is 15.6. The van der Waals surface area contributed by atoms with Crippen LogP contribution in [0.2, 0.25) is 0 Å². The molecule has 2 aliphatic carbocycles. The summed E-state index contributed by atoms with van der Waals surface area (Å²) in [5.41, 5.74) is 2.21. The number of carbonyl (C=O) groups is 3. The molecule has 8 heterocycles. The number of ether oxygens (including phenoxy) is 1. The largest absolute Gasteiger partial charge is 0.362 e. The third-order valence-electron chi connectivity index (χ3n) is 14.6. The van der Waals surface area contributed by atoms with Gasteiger partial charge >= 0.3 is 0 Å². The number of anilines is 2. The highest BCUT2D eigenvalue weighted by atomic mass is 19.3. The van der Waals surface area contributed by atoms with Crippen LogP contribution in [-0.2, 0) is 14.3 Å². The number of halogens is 4. The van der Waals surface area contributed by atoms with Gasteiger partial charge in [-0.2, -0.15) is 15.3 Å². The van der Waals surface area contributed by atoms with Gasteiger partial charge in [-0.05, 0) is 69.4 Å². The highest BCUT2D eigenvalue weighted by molar-refractivity contribution is 6.08. The molecule has 11 rings (SSSR count). The summed E-state index contributed by atoms with van der Waals surface area (Å²) in [5, 5.41) is 19.4. The molecule has 0 bridgehead atoms. The van der Waals surface area contributed by atoms with E-state index in [-0.39, 0.29) is 54.7 Å². The Bertz CT molecular complexity index is 2780. The van der Waals surface area contributed by atoms with Crippen LogP contribution in [0.5, 0.6) is 0 Å². The second-order valence-corrected chi connectivity index (χ2v) is 19.5. The Kier molecular flexibility index (Phi) is 12.2. The van der Waals surface area contributed by atoms with E-state index < -0.39 is 42.4 Å². The second kappa shape index (κ2) is 18.5. The van der Waals surface area contributed by atoms with Gasteiger partial charge in [0.1, 0.15) is 30.3 Å². The Morgan fingerprint density at radius 3 is 2.46 bits per heavy atom. The molecule has 358 valence electrons. The van der Waals surface area contributed by atoms with Gasteiger partial charge in [0.2, 0.25) is 11.8 Å². The zero-order valence-electron chi connectivity index (χ0n) is 37.6. The fourth-order valence-electron chi connectivity index (χ4n) is 10.8. The summed E-state index contributed by atoms with van der Waals surface area (Å²) in [5.74, 6) is 6.02. The SMILES string of the molecule is O=C1CCC(c2nn(C3CC3)c3c(C#CCO[C@H]4CCN(CC5CCC(n6cc(NC(=O)c7cnn8ccc(N9CC(CN%10CC(F)C%10)C9)nc78)c(C(F)F)n6)CC5)C[C@H]4F)cccc23)C(=O)N1. The summed E-state index contributed by atoms with van der Waals surface area (Å²) in [6, 6.07) is 7.69. The van der Waals surface area contributed by atoms with Crippen molar-refractivity contribution in [1.29, 1.82) is 0 Å². The van der Waals surface area contributed by atoms with Crippen LogP contribution in [0.1, 0.15) is 110 Å². The number of likely N-dealkylation sites (tertiary alicyclic amines) is 2. The van der Waals surface area contributed by atoms with Crippen LogP contribution in [0.3, 0.4) is 0 Å². The third kappa shape index (κ3) is 9.07. The Morgan fingerprint density at radius 1 is 0.912 bits per heavy atom. The van der Waals surface area contributed by atoms with Crippen molar-refractivity contribution in [2.45, 2.75) is 101 Å². The predicted octanol–water partition coefficient (Wildman–Crippen LogP) is 5.62. The zero-order valence-corrected chi connectivity index (χ0v) is 37.6. The molecule has 4 aromatic heterocycles. The van der Waals surface area contributed by atoms with Gasteiger partial charge in [0.05, 0.1) is 52.8 Å². The minimum absolute atomic E-state index is 0.0567. The lowest BCUT2D eigenvalue weighted by molar-refractivity contribution is -0.134.